The summed E-state index contributed by atoms with van der Waals surface area (Å²) in [7, 11) is 0. The highest BCUT2D eigenvalue weighted by atomic mass is 32.1. The van der Waals surface area contributed by atoms with Gasteiger partial charge in [-0.1, -0.05) is 12.1 Å². The number of hydrogen-bond donors (Lipinski definition) is 3. The number of aliphatic hydroxyl groups is 1. The lowest BCUT2D eigenvalue weighted by Crippen LogP contribution is -2.30. The van der Waals surface area contributed by atoms with E-state index >= 15 is 0 Å². The Bertz CT molecular complexity index is 658. The second kappa shape index (κ2) is 6.75. The predicted octanol–water partition coefficient (Wildman–Crippen LogP) is 2.94. The van der Waals surface area contributed by atoms with Crippen LogP contribution in [0.3, 0.4) is 0 Å². The molecule has 0 radical (unpaired) electrons. The lowest BCUT2D eigenvalue weighted by atomic mass is 10.1. The molecule has 0 saturated heterocycles. The molecule has 1 aromatic heterocycles. The Morgan fingerprint density at radius 1 is 1.36 bits per heavy atom. The maximum absolute atomic E-state index is 12.7. The average Bonchev–Trinajstić information content (AvgIpc) is 2.93. The van der Waals surface area contributed by atoms with Gasteiger partial charge in [-0.25, -0.2) is 9.78 Å². The molecule has 0 aliphatic heterocycles. The number of amides is 2. The number of carbonyl (C=O) groups is 1. The first-order valence-electron chi connectivity index (χ1n) is 6.19. The SMILES string of the molecule is O=C(NCCO)Nc1nc(-c2cccc(C(F)(F)F)c2)cs1. The Kier molecular flexibility index (Phi) is 4.99. The predicted molar refractivity (Wildman–Crippen MR) is 76.7 cm³/mol. The van der Waals surface area contributed by atoms with Gasteiger partial charge in [-0.3, -0.25) is 5.32 Å². The topological polar surface area (TPSA) is 74.2 Å². The zero-order valence-corrected chi connectivity index (χ0v) is 12.0. The van der Waals surface area contributed by atoms with Gasteiger partial charge in [-0.15, -0.1) is 11.3 Å². The van der Waals surface area contributed by atoms with E-state index in [0.717, 1.165) is 23.5 Å². The molecule has 2 rings (SSSR count). The molecule has 0 unspecified atom stereocenters. The van der Waals surface area contributed by atoms with E-state index < -0.39 is 17.8 Å². The van der Waals surface area contributed by atoms with Gasteiger partial charge in [0.25, 0.3) is 0 Å². The third-order valence-corrected chi connectivity index (χ3v) is 3.37. The van der Waals surface area contributed by atoms with Gasteiger partial charge in [0, 0.05) is 17.5 Å². The van der Waals surface area contributed by atoms with Crippen LogP contribution in [0.2, 0.25) is 0 Å². The lowest BCUT2D eigenvalue weighted by Gasteiger charge is -2.07. The van der Waals surface area contributed by atoms with Crippen LogP contribution in [0, 0.1) is 0 Å². The number of urea groups is 1. The Hall–Kier alpha value is -2.13. The first kappa shape index (κ1) is 16.2. The normalized spacial score (nSPS) is 11.3. The minimum Gasteiger partial charge on any atom is -0.395 e. The maximum atomic E-state index is 12.7. The summed E-state index contributed by atoms with van der Waals surface area (Å²) in [5, 5.41) is 15.2. The van der Waals surface area contributed by atoms with Crippen LogP contribution in [-0.2, 0) is 6.18 Å². The van der Waals surface area contributed by atoms with Crippen molar-refractivity contribution in [2.75, 3.05) is 18.5 Å². The molecule has 1 aromatic carbocycles. The van der Waals surface area contributed by atoms with Crippen molar-refractivity contribution in [3.63, 3.8) is 0 Å². The Morgan fingerprint density at radius 2 is 2.14 bits per heavy atom. The van der Waals surface area contributed by atoms with Crippen LogP contribution < -0.4 is 10.6 Å². The summed E-state index contributed by atoms with van der Waals surface area (Å²) in [4.78, 5) is 15.5. The Labute approximate surface area is 127 Å². The minimum atomic E-state index is -4.42. The van der Waals surface area contributed by atoms with Crippen LogP contribution in [0.25, 0.3) is 11.3 Å². The number of hydrogen-bond acceptors (Lipinski definition) is 4. The molecular weight excluding hydrogens is 319 g/mol. The standard InChI is InChI=1S/C13H12F3N3O2S/c14-13(15,16)9-3-1-2-8(6-9)10-7-22-12(18-10)19-11(21)17-4-5-20/h1-3,6-7,20H,4-5H2,(H2,17,18,19,21). The van der Waals surface area contributed by atoms with Gasteiger partial charge < -0.3 is 10.4 Å². The zero-order chi connectivity index (χ0) is 16.2. The van der Waals surface area contributed by atoms with Crippen molar-refractivity contribution in [3.05, 3.63) is 35.2 Å². The number of halogens is 3. The number of alkyl halides is 3. The third kappa shape index (κ3) is 4.18. The highest BCUT2D eigenvalue weighted by molar-refractivity contribution is 7.14. The van der Waals surface area contributed by atoms with E-state index in [4.69, 9.17) is 5.11 Å². The summed E-state index contributed by atoms with van der Waals surface area (Å²) in [6.07, 6.45) is -4.42. The van der Waals surface area contributed by atoms with Crippen molar-refractivity contribution in [1.82, 2.24) is 10.3 Å². The number of benzene rings is 1. The number of anilines is 1. The summed E-state index contributed by atoms with van der Waals surface area (Å²) in [5.74, 6) is 0. The number of aromatic nitrogens is 1. The summed E-state index contributed by atoms with van der Waals surface area (Å²) < 4.78 is 38.0. The number of carbonyl (C=O) groups excluding carboxylic acids is 1. The number of rotatable bonds is 4. The van der Waals surface area contributed by atoms with E-state index in [2.05, 4.69) is 15.6 Å². The molecule has 0 atom stereocenters. The van der Waals surface area contributed by atoms with Crippen molar-refractivity contribution in [1.29, 1.82) is 0 Å². The van der Waals surface area contributed by atoms with Gasteiger partial charge in [0.05, 0.1) is 17.9 Å². The maximum Gasteiger partial charge on any atom is 0.416 e. The van der Waals surface area contributed by atoms with Crippen LogP contribution in [-0.4, -0.2) is 29.3 Å². The Balaban J connectivity index is 2.13. The summed E-state index contributed by atoms with van der Waals surface area (Å²) >= 11 is 1.09. The second-order valence-electron chi connectivity index (χ2n) is 4.22. The van der Waals surface area contributed by atoms with Gasteiger partial charge in [-0.2, -0.15) is 13.2 Å². The molecular formula is C13H12F3N3O2S. The monoisotopic (exact) mass is 331 g/mol. The molecule has 3 N–H and O–H groups in total. The van der Waals surface area contributed by atoms with E-state index in [1.165, 1.54) is 12.1 Å². The molecule has 0 fully saturated rings. The van der Waals surface area contributed by atoms with Crippen molar-refractivity contribution >= 4 is 22.5 Å². The van der Waals surface area contributed by atoms with Gasteiger partial charge in [0.2, 0.25) is 0 Å². The van der Waals surface area contributed by atoms with Crippen LogP contribution in [0.15, 0.2) is 29.6 Å². The zero-order valence-electron chi connectivity index (χ0n) is 11.1. The summed E-state index contributed by atoms with van der Waals surface area (Å²) in [6, 6.07) is 4.26. The minimum absolute atomic E-state index is 0.0949. The largest absolute Gasteiger partial charge is 0.416 e. The van der Waals surface area contributed by atoms with Crippen molar-refractivity contribution in [3.8, 4) is 11.3 Å². The summed E-state index contributed by atoms with van der Waals surface area (Å²) in [6.45, 7) is -0.0987. The molecule has 118 valence electrons. The quantitative estimate of drug-likeness (QED) is 0.806. The number of nitrogens with one attached hydrogen (secondary N) is 2. The number of nitrogens with zero attached hydrogens (tertiary/aromatic N) is 1. The molecule has 0 spiro atoms. The van der Waals surface area contributed by atoms with Crippen LogP contribution in [0.4, 0.5) is 23.1 Å². The van der Waals surface area contributed by atoms with E-state index in [1.807, 2.05) is 0 Å². The molecule has 1 heterocycles. The number of thiazole rings is 1. The molecule has 5 nitrogen and oxygen atoms in total. The first-order chi connectivity index (χ1) is 10.4. The van der Waals surface area contributed by atoms with Crippen LogP contribution >= 0.6 is 11.3 Å². The van der Waals surface area contributed by atoms with Crippen LogP contribution in [0.1, 0.15) is 5.56 Å². The molecule has 9 heteroatoms. The highest BCUT2D eigenvalue weighted by Gasteiger charge is 2.30. The molecule has 2 amide bonds. The smallest absolute Gasteiger partial charge is 0.395 e. The molecule has 0 bridgehead atoms. The average molecular weight is 331 g/mol. The fourth-order valence-corrected chi connectivity index (χ4v) is 2.34. The molecule has 22 heavy (non-hydrogen) atoms. The van der Waals surface area contributed by atoms with Crippen molar-refractivity contribution < 1.29 is 23.1 Å². The van der Waals surface area contributed by atoms with E-state index in [9.17, 15) is 18.0 Å². The van der Waals surface area contributed by atoms with Crippen LogP contribution in [0.5, 0.6) is 0 Å². The fourth-order valence-electron chi connectivity index (χ4n) is 1.63. The molecule has 0 aliphatic carbocycles. The van der Waals surface area contributed by atoms with Crippen molar-refractivity contribution in [2.24, 2.45) is 0 Å². The molecule has 0 saturated carbocycles. The van der Waals surface area contributed by atoms with Gasteiger partial charge in [-0.05, 0) is 12.1 Å². The molecule has 0 aliphatic rings. The van der Waals surface area contributed by atoms with E-state index in [0.29, 0.717) is 11.3 Å². The Morgan fingerprint density at radius 3 is 2.82 bits per heavy atom. The first-order valence-corrected chi connectivity index (χ1v) is 7.07. The highest BCUT2D eigenvalue weighted by Crippen LogP contribution is 2.32. The molecule has 2 aromatic rings. The summed E-state index contributed by atoms with van der Waals surface area (Å²) in [5.41, 5.74) is -0.100. The van der Waals surface area contributed by atoms with Gasteiger partial charge >= 0.3 is 12.2 Å². The third-order valence-electron chi connectivity index (χ3n) is 2.61. The van der Waals surface area contributed by atoms with Crippen molar-refractivity contribution in [2.45, 2.75) is 6.18 Å². The van der Waals surface area contributed by atoms with Gasteiger partial charge in [0.15, 0.2) is 5.13 Å². The van der Waals surface area contributed by atoms with E-state index in [1.54, 1.807) is 5.38 Å². The fraction of sp³-hybridized carbons (Fsp3) is 0.231. The number of aliphatic hydroxyl groups excluding tert-OH is 1. The second-order valence-corrected chi connectivity index (χ2v) is 5.08. The lowest BCUT2D eigenvalue weighted by molar-refractivity contribution is -0.137. The van der Waals surface area contributed by atoms with E-state index in [-0.39, 0.29) is 18.3 Å². The van der Waals surface area contributed by atoms with Gasteiger partial charge in [0.1, 0.15) is 0 Å².